The van der Waals surface area contributed by atoms with Gasteiger partial charge in [-0.1, -0.05) is 46.7 Å². The third-order valence-electron chi connectivity index (χ3n) is 7.17. The molecule has 0 saturated carbocycles. The van der Waals surface area contributed by atoms with Gasteiger partial charge < -0.3 is 23.7 Å². The van der Waals surface area contributed by atoms with Crippen molar-refractivity contribution in [2.45, 2.75) is 26.5 Å². The van der Waals surface area contributed by atoms with Crippen LogP contribution in [0.4, 0.5) is 0 Å². The van der Waals surface area contributed by atoms with Crippen LogP contribution in [0.15, 0.2) is 69.6 Å². The Morgan fingerprint density at radius 1 is 1.16 bits per heavy atom. The van der Waals surface area contributed by atoms with Crippen molar-refractivity contribution >= 4 is 69.2 Å². The zero-order valence-electron chi connectivity index (χ0n) is 24.2. The third-order valence-corrected chi connectivity index (χ3v) is 9.54. The van der Waals surface area contributed by atoms with Crippen LogP contribution in [0, 0.1) is 3.57 Å². The van der Waals surface area contributed by atoms with Gasteiger partial charge in [-0.3, -0.25) is 9.36 Å². The van der Waals surface area contributed by atoms with E-state index in [1.807, 2.05) is 18.2 Å². The summed E-state index contributed by atoms with van der Waals surface area (Å²) >= 11 is 15.7. The first-order valence-electron chi connectivity index (χ1n) is 13.7. The molecular weight excluding hydrogens is 754 g/mol. The Morgan fingerprint density at radius 3 is 2.71 bits per heavy atom. The highest BCUT2D eigenvalue weighted by molar-refractivity contribution is 14.1. The lowest BCUT2D eigenvalue weighted by Crippen LogP contribution is -2.39. The fourth-order valence-corrected chi connectivity index (χ4v) is 7.38. The fourth-order valence-electron chi connectivity index (χ4n) is 5.09. The number of allylic oxidation sites excluding steroid dienone is 1. The smallest absolute Gasteiger partial charge is 0.338 e. The summed E-state index contributed by atoms with van der Waals surface area (Å²) in [5.41, 5.74) is 2.62. The van der Waals surface area contributed by atoms with E-state index in [4.69, 9.17) is 46.9 Å². The number of halogens is 3. The SMILES string of the molecule is CCOC(=O)C1=C(C)N=c2s/c(=C/c3cc(I)c(OCc4ccc(Cl)cc4Cl)c(OC)c3)c(=O)n2[C@@H]1c1ccc2c(c1)OCO2. The van der Waals surface area contributed by atoms with Crippen molar-refractivity contribution in [2.75, 3.05) is 20.5 Å². The van der Waals surface area contributed by atoms with Gasteiger partial charge in [-0.15, -0.1) is 0 Å². The predicted molar refractivity (Wildman–Crippen MR) is 179 cm³/mol. The highest BCUT2D eigenvalue weighted by atomic mass is 127. The van der Waals surface area contributed by atoms with Gasteiger partial charge >= 0.3 is 5.97 Å². The monoisotopic (exact) mass is 778 g/mol. The van der Waals surface area contributed by atoms with E-state index in [-0.39, 0.29) is 31.1 Å². The summed E-state index contributed by atoms with van der Waals surface area (Å²) in [6, 6.07) is 13.5. The molecule has 0 saturated heterocycles. The molecule has 0 fully saturated rings. The number of aromatic nitrogens is 1. The number of benzene rings is 3. The molecule has 0 bridgehead atoms. The molecule has 13 heteroatoms. The van der Waals surface area contributed by atoms with Gasteiger partial charge in [0.1, 0.15) is 6.61 Å². The lowest BCUT2D eigenvalue weighted by atomic mass is 9.95. The Bertz CT molecular complexity index is 2060. The topological polar surface area (TPSA) is 97.6 Å². The lowest BCUT2D eigenvalue weighted by molar-refractivity contribution is -0.139. The van der Waals surface area contributed by atoms with Gasteiger partial charge in [-0.25, -0.2) is 9.79 Å². The van der Waals surface area contributed by atoms with Crippen LogP contribution >= 0.6 is 57.1 Å². The van der Waals surface area contributed by atoms with Crippen molar-refractivity contribution in [2.24, 2.45) is 4.99 Å². The molecule has 232 valence electrons. The number of hydrogen-bond acceptors (Lipinski definition) is 9. The molecule has 6 rings (SSSR count). The van der Waals surface area contributed by atoms with Crippen LogP contribution in [-0.2, 0) is 16.1 Å². The Balaban J connectivity index is 1.41. The van der Waals surface area contributed by atoms with Crippen molar-refractivity contribution in [3.05, 3.63) is 110 Å². The van der Waals surface area contributed by atoms with E-state index in [1.165, 1.54) is 15.9 Å². The Morgan fingerprint density at radius 2 is 1.96 bits per heavy atom. The molecule has 0 unspecified atom stereocenters. The molecule has 9 nitrogen and oxygen atoms in total. The molecular formula is C32H25Cl2IN2O7S. The first-order valence-corrected chi connectivity index (χ1v) is 16.4. The number of fused-ring (bicyclic) bond motifs is 2. The summed E-state index contributed by atoms with van der Waals surface area (Å²) in [4.78, 5) is 32.4. The first kappa shape index (κ1) is 31.5. The van der Waals surface area contributed by atoms with E-state index in [1.54, 1.807) is 57.4 Å². The molecule has 0 radical (unpaired) electrons. The molecule has 0 N–H and O–H groups in total. The number of carbonyl (C=O) groups excluding carboxylic acids is 1. The summed E-state index contributed by atoms with van der Waals surface area (Å²) in [7, 11) is 1.55. The summed E-state index contributed by atoms with van der Waals surface area (Å²) in [6.45, 7) is 3.97. The zero-order valence-corrected chi connectivity index (χ0v) is 28.7. The second-order valence-corrected chi connectivity index (χ2v) is 13.0. The predicted octanol–water partition coefficient (Wildman–Crippen LogP) is 6.03. The van der Waals surface area contributed by atoms with Crippen LogP contribution in [0.1, 0.15) is 36.6 Å². The first-order chi connectivity index (χ1) is 21.7. The maximum Gasteiger partial charge on any atom is 0.338 e. The van der Waals surface area contributed by atoms with Gasteiger partial charge in [0.05, 0.1) is 39.1 Å². The van der Waals surface area contributed by atoms with Gasteiger partial charge in [0, 0.05) is 15.6 Å². The van der Waals surface area contributed by atoms with Gasteiger partial charge in [-0.05, 0) is 90.0 Å². The molecule has 4 aromatic rings. The number of methoxy groups -OCH3 is 1. The minimum atomic E-state index is -0.776. The van der Waals surface area contributed by atoms with Crippen LogP contribution in [0.2, 0.25) is 10.0 Å². The lowest BCUT2D eigenvalue weighted by Gasteiger charge is -2.24. The number of carbonyl (C=O) groups is 1. The second-order valence-electron chi connectivity index (χ2n) is 9.97. The summed E-state index contributed by atoms with van der Waals surface area (Å²) in [6.07, 6.45) is 1.77. The van der Waals surface area contributed by atoms with Crippen LogP contribution in [0.25, 0.3) is 6.08 Å². The highest BCUT2D eigenvalue weighted by Crippen LogP contribution is 2.39. The van der Waals surface area contributed by atoms with Crippen molar-refractivity contribution in [1.82, 2.24) is 4.57 Å². The van der Waals surface area contributed by atoms with Crippen molar-refractivity contribution in [3.63, 3.8) is 0 Å². The molecule has 3 heterocycles. The molecule has 0 spiro atoms. The minimum Gasteiger partial charge on any atom is -0.493 e. The molecule has 3 aromatic carbocycles. The average Bonchev–Trinajstić information content (AvgIpc) is 3.60. The second kappa shape index (κ2) is 13.1. The van der Waals surface area contributed by atoms with Crippen molar-refractivity contribution in [1.29, 1.82) is 0 Å². The third kappa shape index (κ3) is 6.18. The number of hydrogen-bond donors (Lipinski definition) is 0. The summed E-state index contributed by atoms with van der Waals surface area (Å²) in [5.74, 6) is 1.63. The van der Waals surface area contributed by atoms with E-state index in [0.717, 1.165) is 14.7 Å². The largest absolute Gasteiger partial charge is 0.493 e. The summed E-state index contributed by atoms with van der Waals surface area (Å²) < 4.78 is 31.0. The summed E-state index contributed by atoms with van der Waals surface area (Å²) in [5, 5.41) is 1.05. The van der Waals surface area contributed by atoms with Gasteiger partial charge in [0.15, 0.2) is 27.8 Å². The molecule has 45 heavy (non-hydrogen) atoms. The maximum atomic E-state index is 14.1. The Kier molecular flexibility index (Phi) is 9.14. The molecule has 1 aromatic heterocycles. The molecule has 2 aliphatic heterocycles. The fraction of sp³-hybridized carbons (Fsp3) is 0.219. The number of ether oxygens (including phenoxy) is 5. The van der Waals surface area contributed by atoms with Crippen LogP contribution < -0.4 is 33.8 Å². The van der Waals surface area contributed by atoms with Crippen LogP contribution in [-0.4, -0.2) is 31.0 Å². The van der Waals surface area contributed by atoms with Crippen LogP contribution in [0.3, 0.4) is 0 Å². The average molecular weight is 779 g/mol. The van der Waals surface area contributed by atoms with E-state index >= 15 is 0 Å². The Labute approximate surface area is 285 Å². The highest BCUT2D eigenvalue weighted by Gasteiger charge is 2.34. The molecule has 1 atom stereocenters. The maximum absolute atomic E-state index is 14.1. The molecule has 0 amide bonds. The van der Waals surface area contributed by atoms with E-state index in [9.17, 15) is 9.59 Å². The number of rotatable bonds is 8. The Hall–Kier alpha value is -3.52. The minimum absolute atomic E-state index is 0.0993. The van der Waals surface area contributed by atoms with Crippen molar-refractivity contribution in [3.8, 4) is 23.0 Å². The number of esters is 1. The molecule has 0 aliphatic carbocycles. The normalized spacial score (nSPS) is 15.5. The van der Waals surface area contributed by atoms with Gasteiger partial charge in [0.25, 0.3) is 5.56 Å². The number of thiazole rings is 1. The van der Waals surface area contributed by atoms with E-state index in [2.05, 4.69) is 27.6 Å². The zero-order chi connectivity index (χ0) is 31.8. The molecule has 2 aliphatic rings. The van der Waals surface area contributed by atoms with Crippen LogP contribution in [0.5, 0.6) is 23.0 Å². The van der Waals surface area contributed by atoms with E-state index in [0.29, 0.717) is 53.6 Å². The van der Waals surface area contributed by atoms with Gasteiger partial charge in [0.2, 0.25) is 6.79 Å². The quantitative estimate of drug-likeness (QED) is 0.159. The standard InChI is InChI=1S/C32H25Cl2IN2O7S/c1-4-41-31(39)27-16(2)36-32-37(28(27)18-6-8-23-24(12-18)44-15-43-23)30(38)26(45-32)11-17-9-22(35)29(25(10-17)40-3)42-14-19-5-7-20(33)13-21(19)34/h5-13,28H,4,14-15H2,1-3H3/b26-11+/t28-/m1/s1. The van der Waals surface area contributed by atoms with Crippen molar-refractivity contribution < 1.29 is 28.5 Å². The number of nitrogens with zero attached hydrogens (tertiary/aromatic N) is 2. The van der Waals surface area contributed by atoms with Gasteiger partial charge in [-0.2, -0.15) is 0 Å². The van der Waals surface area contributed by atoms with E-state index < -0.39 is 12.0 Å².